The first-order valence-electron chi connectivity index (χ1n) is 6.11. The van der Waals surface area contributed by atoms with Gasteiger partial charge in [-0.05, 0) is 18.3 Å². The van der Waals surface area contributed by atoms with E-state index in [0.717, 1.165) is 0 Å². The van der Waals surface area contributed by atoms with Gasteiger partial charge in [0, 0.05) is 5.75 Å². The van der Waals surface area contributed by atoms with Crippen LogP contribution < -0.4 is 0 Å². The molecule has 1 rings (SSSR count). The van der Waals surface area contributed by atoms with Gasteiger partial charge in [-0.3, -0.25) is 4.79 Å². The van der Waals surface area contributed by atoms with E-state index in [1.54, 1.807) is 0 Å². The number of ether oxygens (including phenoxy) is 1. The van der Waals surface area contributed by atoms with Gasteiger partial charge in [0.25, 0.3) is 0 Å². The summed E-state index contributed by atoms with van der Waals surface area (Å²) in [7, 11) is -5.48. The molecule has 0 atom stereocenters. The molecule has 1 saturated carbocycles. The zero-order valence-corrected chi connectivity index (χ0v) is 12.8. The second-order valence-electron chi connectivity index (χ2n) is 5.08. The number of carbonyl (C=O) groups excluding carboxylic acids is 1. The number of esters is 1. The van der Waals surface area contributed by atoms with E-state index in [1.165, 1.54) is 14.0 Å². The molecule has 1 fully saturated rings. The Kier molecular flexibility index (Phi) is 5.00. The van der Waals surface area contributed by atoms with Crippen molar-refractivity contribution in [1.29, 1.82) is 0 Å². The molecule has 0 spiro atoms. The highest BCUT2D eigenvalue weighted by Gasteiger charge is 2.47. The van der Waals surface area contributed by atoms with Crippen LogP contribution >= 0.6 is 0 Å². The van der Waals surface area contributed by atoms with Gasteiger partial charge in [0.15, 0.2) is 19.7 Å². The lowest BCUT2D eigenvalue weighted by molar-refractivity contribution is -0.141. The summed E-state index contributed by atoms with van der Waals surface area (Å²) in [5, 5.41) is 0. The predicted molar refractivity (Wildman–Crippen MR) is 71.3 cm³/mol. The standard InChI is InChI=1S/C11H20O6S2/c1-3-18(13,14)6-7-19(15,16)9-11(4-5-11)8-10(12)17-2/h3-9H2,1-2H3. The Morgan fingerprint density at radius 1 is 1.11 bits per heavy atom. The molecule has 0 amide bonds. The van der Waals surface area contributed by atoms with Gasteiger partial charge in [-0.15, -0.1) is 0 Å². The molecule has 0 aromatic carbocycles. The third-order valence-electron chi connectivity index (χ3n) is 3.38. The van der Waals surface area contributed by atoms with Crippen molar-refractivity contribution in [3.8, 4) is 0 Å². The van der Waals surface area contributed by atoms with E-state index in [4.69, 9.17) is 0 Å². The first kappa shape index (κ1) is 16.4. The summed E-state index contributed by atoms with van der Waals surface area (Å²) in [6.45, 7) is 1.49. The fourth-order valence-electron chi connectivity index (χ4n) is 1.86. The third-order valence-corrected chi connectivity index (χ3v) is 7.22. The molecule has 8 heteroatoms. The number of sulfone groups is 2. The molecule has 112 valence electrons. The molecule has 0 bridgehead atoms. The van der Waals surface area contributed by atoms with Crippen LogP contribution in [0.25, 0.3) is 0 Å². The Labute approximate surface area is 114 Å². The van der Waals surface area contributed by atoms with Crippen molar-refractivity contribution < 1.29 is 26.4 Å². The van der Waals surface area contributed by atoms with Crippen molar-refractivity contribution in [2.45, 2.75) is 26.2 Å². The fourth-order valence-corrected chi connectivity index (χ4v) is 5.65. The lowest BCUT2D eigenvalue weighted by atomic mass is 10.1. The maximum absolute atomic E-state index is 11.9. The minimum Gasteiger partial charge on any atom is -0.469 e. The maximum Gasteiger partial charge on any atom is 0.306 e. The largest absolute Gasteiger partial charge is 0.469 e. The Morgan fingerprint density at radius 2 is 1.63 bits per heavy atom. The van der Waals surface area contributed by atoms with Crippen LogP contribution in [0.1, 0.15) is 26.2 Å². The molecule has 1 aliphatic carbocycles. The fraction of sp³-hybridized carbons (Fsp3) is 0.909. The normalized spacial score (nSPS) is 18.0. The SMILES string of the molecule is CCS(=O)(=O)CCS(=O)(=O)CC1(CC(=O)OC)CC1. The number of hydrogen-bond acceptors (Lipinski definition) is 6. The first-order chi connectivity index (χ1) is 8.64. The van der Waals surface area contributed by atoms with E-state index in [2.05, 4.69) is 4.74 Å². The summed E-state index contributed by atoms with van der Waals surface area (Å²) < 4.78 is 51.0. The molecule has 0 aromatic heterocycles. The number of methoxy groups -OCH3 is 1. The second-order valence-corrected chi connectivity index (χ2v) is 9.74. The zero-order valence-electron chi connectivity index (χ0n) is 11.2. The summed E-state index contributed by atoms with van der Waals surface area (Å²) in [6.07, 6.45) is 1.42. The van der Waals surface area contributed by atoms with Crippen LogP contribution in [0.15, 0.2) is 0 Å². The summed E-state index contributed by atoms with van der Waals surface area (Å²) in [5.41, 5.74) is -0.526. The molecule has 0 aliphatic heterocycles. The third kappa shape index (κ3) is 5.48. The monoisotopic (exact) mass is 312 g/mol. The zero-order chi connectivity index (χ0) is 14.7. The second kappa shape index (κ2) is 5.78. The Hall–Kier alpha value is -0.630. The molecule has 0 N–H and O–H groups in total. The van der Waals surface area contributed by atoms with Crippen LogP contribution in [0.3, 0.4) is 0 Å². The number of rotatable bonds is 8. The van der Waals surface area contributed by atoms with Crippen LogP contribution in [0.5, 0.6) is 0 Å². The lowest BCUT2D eigenvalue weighted by Gasteiger charge is -2.13. The van der Waals surface area contributed by atoms with Crippen LogP contribution in [0.4, 0.5) is 0 Å². The molecule has 0 heterocycles. The highest BCUT2D eigenvalue weighted by atomic mass is 32.2. The lowest BCUT2D eigenvalue weighted by Crippen LogP contribution is -2.26. The summed E-state index contributed by atoms with van der Waals surface area (Å²) in [6, 6.07) is 0. The average Bonchev–Trinajstić information content (AvgIpc) is 3.05. The van der Waals surface area contributed by atoms with Gasteiger partial charge in [-0.2, -0.15) is 0 Å². The number of carbonyl (C=O) groups is 1. The van der Waals surface area contributed by atoms with Crippen molar-refractivity contribution in [1.82, 2.24) is 0 Å². The van der Waals surface area contributed by atoms with Gasteiger partial charge in [-0.1, -0.05) is 6.92 Å². The molecule has 0 unspecified atom stereocenters. The molecule has 0 aromatic rings. The van der Waals surface area contributed by atoms with Gasteiger partial charge in [0.05, 0.1) is 30.8 Å². The van der Waals surface area contributed by atoms with E-state index < -0.39 is 31.1 Å². The van der Waals surface area contributed by atoms with Gasteiger partial charge in [0.2, 0.25) is 0 Å². The minimum absolute atomic E-state index is 0.0597. The number of hydrogen-bond donors (Lipinski definition) is 0. The maximum atomic E-state index is 11.9. The van der Waals surface area contributed by atoms with Crippen molar-refractivity contribution >= 4 is 25.6 Å². The highest BCUT2D eigenvalue weighted by Crippen LogP contribution is 2.50. The molecule has 6 nitrogen and oxygen atoms in total. The van der Waals surface area contributed by atoms with E-state index in [-0.39, 0.29) is 29.4 Å². The van der Waals surface area contributed by atoms with Crippen LogP contribution in [0.2, 0.25) is 0 Å². The van der Waals surface area contributed by atoms with Crippen LogP contribution in [-0.4, -0.2) is 52.9 Å². The van der Waals surface area contributed by atoms with Crippen molar-refractivity contribution in [2.75, 3.05) is 30.1 Å². The summed E-state index contributed by atoms with van der Waals surface area (Å²) >= 11 is 0. The molecular formula is C11H20O6S2. The average molecular weight is 312 g/mol. The summed E-state index contributed by atoms with van der Waals surface area (Å²) in [4.78, 5) is 11.2. The molecular weight excluding hydrogens is 292 g/mol. The Bertz CT molecular complexity index is 528. The van der Waals surface area contributed by atoms with Crippen LogP contribution in [0, 0.1) is 5.41 Å². The molecule has 0 saturated heterocycles. The van der Waals surface area contributed by atoms with Gasteiger partial charge < -0.3 is 4.74 Å². The summed E-state index contributed by atoms with van der Waals surface area (Å²) in [5.74, 6) is -1.33. The van der Waals surface area contributed by atoms with Crippen LogP contribution in [-0.2, 0) is 29.2 Å². The van der Waals surface area contributed by atoms with Gasteiger partial charge in [-0.25, -0.2) is 16.8 Å². The molecule has 19 heavy (non-hydrogen) atoms. The van der Waals surface area contributed by atoms with Gasteiger partial charge >= 0.3 is 5.97 Å². The van der Waals surface area contributed by atoms with E-state index in [1.807, 2.05) is 0 Å². The van der Waals surface area contributed by atoms with Crippen molar-refractivity contribution in [3.05, 3.63) is 0 Å². The van der Waals surface area contributed by atoms with Gasteiger partial charge in [0.1, 0.15) is 0 Å². The first-order valence-corrected chi connectivity index (χ1v) is 9.76. The van der Waals surface area contributed by atoms with E-state index in [9.17, 15) is 21.6 Å². The quantitative estimate of drug-likeness (QED) is 0.593. The van der Waals surface area contributed by atoms with Crippen molar-refractivity contribution in [3.63, 3.8) is 0 Å². The molecule has 0 radical (unpaired) electrons. The topological polar surface area (TPSA) is 94.6 Å². The smallest absolute Gasteiger partial charge is 0.306 e. The highest BCUT2D eigenvalue weighted by molar-refractivity contribution is 7.95. The predicted octanol–water partition coefficient (Wildman–Crippen LogP) is 0.179. The van der Waals surface area contributed by atoms with E-state index in [0.29, 0.717) is 12.8 Å². The molecule has 1 aliphatic rings. The minimum atomic E-state index is -3.46. The Balaban J connectivity index is 2.58. The van der Waals surface area contributed by atoms with Crippen molar-refractivity contribution in [2.24, 2.45) is 5.41 Å². The Morgan fingerprint density at radius 3 is 2.05 bits per heavy atom. The van der Waals surface area contributed by atoms with E-state index >= 15 is 0 Å².